The zero-order chi connectivity index (χ0) is 13.8. The Kier molecular flexibility index (Phi) is 4.80. The van der Waals surface area contributed by atoms with Crippen LogP contribution in [-0.2, 0) is 19.1 Å². The van der Waals surface area contributed by atoms with Crippen molar-refractivity contribution in [2.24, 2.45) is 5.92 Å². The van der Waals surface area contributed by atoms with Crippen molar-refractivity contribution in [2.45, 2.75) is 50.6 Å². The van der Waals surface area contributed by atoms with Crippen LogP contribution in [0.3, 0.4) is 0 Å². The smallest absolute Gasteiger partial charge is 0.319 e. The number of carbonyl (C=O) groups excluding carboxylic acids is 2. The van der Waals surface area contributed by atoms with Gasteiger partial charge in [-0.3, -0.25) is 14.5 Å². The first-order valence-electron chi connectivity index (χ1n) is 7.06. The summed E-state index contributed by atoms with van der Waals surface area (Å²) in [5.74, 6) is -0.308. The number of fused-ring (bicyclic) bond motifs is 2. The fourth-order valence-electron chi connectivity index (χ4n) is 3.47. The summed E-state index contributed by atoms with van der Waals surface area (Å²) in [7, 11) is 2.87. The Morgan fingerprint density at radius 1 is 1.05 bits per heavy atom. The number of rotatable bonds is 3. The van der Waals surface area contributed by atoms with Gasteiger partial charge in [0.25, 0.3) is 0 Å². The molecule has 5 nitrogen and oxygen atoms in total. The molecule has 0 saturated carbocycles. The number of ether oxygens (including phenoxy) is 2. The van der Waals surface area contributed by atoms with Crippen LogP contribution >= 0.6 is 0 Å². The minimum atomic E-state index is -0.187. The molecule has 0 amide bonds. The van der Waals surface area contributed by atoms with Crippen LogP contribution in [0.5, 0.6) is 0 Å². The summed E-state index contributed by atoms with van der Waals surface area (Å²) < 4.78 is 9.66. The average molecular weight is 269 g/mol. The quantitative estimate of drug-likeness (QED) is 0.724. The summed E-state index contributed by atoms with van der Waals surface area (Å²) in [5.41, 5.74) is 0. The van der Waals surface area contributed by atoms with Crippen molar-refractivity contribution in [3.05, 3.63) is 0 Å². The van der Waals surface area contributed by atoms with Gasteiger partial charge in [0.05, 0.1) is 26.7 Å². The maximum absolute atomic E-state index is 11.8. The molecule has 5 heteroatoms. The lowest BCUT2D eigenvalue weighted by atomic mass is 9.93. The minimum Gasteiger partial charge on any atom is -0.469 e. The van der Waals surface area contributed by atoms with Gasteiger partial charge in [0.1, 0.15) is 0 Å². The van der Waals surface area contributed by atoms with E-state index < -0.39 is 0 Å². The molecule has 2 heterocycles. The summed E-state index contributed by atoms with van der Waals surface area (Å²) in [6.07, 6.45) is 5.99. The highest BCUT2D eigenvalue weighted by Crippen LogP contribution is 2.35. The van der Waals surface area contributed by atoms with Crippen molar-refractivity contribution in [1.29, 1.82) is 0 Å². The van der Waals surface area contributed by atoms with E-state index in [0.717, 1.165) is 32.1 Å². The number of nitrogens with zero attached hydrogens (tertiary/aromatic N) is 1. The van der Waals surface area contributed by atoms with E-state index in [2.05, 4.69) is 4.90 Å². The normalized spacial score (nSPS) is 31.4. The van der Waals surface area contributed by atoms with Gasteiger partial charge in [0.2, 0.25) is 0 Å². The Morgan fingerprint density at radius 3 is 2.47 bits per heavy atom. The number of carbonyl (C=O) groups is 2. The Morgan fingerprint density at radius 2 is 1.79 bits per heavy atom. The molecule has 2 fully saturated rings. The van der Waals surface area contributed by atoms with Gasteiger partial charge in [-0.25, -0.2) is 0 Å². The number of hydrogen-bond acceptors (Lipinski definition) is 5. The molecule has 3 unspecified atom stereocenters. The largest absolute Gasteiger partial charge is 0.469 e. The number of esters is 2. The third kappa shape index (κ3) is 3.26. The fourth-order valence-corrected chi connectivity index (χ4v) is 3.47. The minimum absolute atomic E-state index is 0.0155. The highest BCUT2D eigenvalue weighted by Gasteiger charge is 2.38. The van der Waals surface area contributed by atoms with Crippen molar-refractivity contribution in [3.63, 3.8) is 0 Å². The third-order valence-corrected chi connectivity index (χ3v) is 4.49. The Hall–Kier alpha value is -1.10. The van der Waals surface area contributed by atoms with Crippen LogP contribution in [0.2, 0.25) is 0 Å². The molecule has 0 aliphatic carbocycles. The van der Waals surface area contributed by atoms with Gasteiger partial charge in [-0.1, -0.05) is 6.42 Å². The number of piperidine rings is 1. The number of hydrogen-bond donors (Lipinski definition) is 0. The van der Waals surface area contributed by atoms with E-state index in [-0.39, 0.29) is 17.9 Å². The zero-order valence-corrected chi connectivity index (χ0v) is 11.8. The van der Waals surface area contributed by atoms with Crippen molar-refractivity contribution in [3.8, 4) is 0 Å². The molecule has 0 radical (unpaired) electrons. The SMILES string of the molecule is COC(=O)CN1C2CCCC1CC(C(=O)OC)CC2. The van der Waals surface area contributed by atoms with E-state index in [0.29, 0.717) is 18.6 Å². The summed E-state index contributed by atoms with van der Waals surface area (Å²) in [5, 5.41) is 0. The van der Waals surface area contributed by atoms with Crippen LogP contribution in [-0.4, -0.2) is 49.7 Å². The molecule has 0 aromatic rings. The Balaban J connectivity index is 2.08. The summed E-state index contributed by atoms with van der Waals surface area (Å²) in [6.45, 7) is 0.347. The second-order valence-corrected chi connectivity index (χ2v) is 5.52. The lowest BCUT2D eigenvalue weighted by Crippen LogP contribution is -2.48. The molecular weight excluding hydrogens is 246 g/mol. The van der Waals surface area contributed by atoms with Gasteiger partial charge < -0.3 is 9.47 Å². The first-order chi connectivity index (χ1) is 9.15. The van der Waals surface area contributed by atoms with Crippen molar-refractivity contribution >= 4 is 11.9 Å². The zero-order valence-electron chi connectivity index (χ0n) is 11.8. The highest BCUT2D eigenvalue weighted by atomic mass is 16.5. The van der Waals surface area contributed by atoms with Crippen LogP contribution in [0.25, 0.3) is 0 Å². The van der Waals surface area contributed by atoms with Crippen molar-refractivity contribution in [2.75, 3.05) is 20.8 Å². The van der Waals surface area contributed by atoms with Gasteiger partial charge in [-0.15, -0.1) is 0 Å². The Bertz CT molecular complexity index is 344. The molecule has 2 rings (SSSR count). The maximum atomic E-state index is 11.8. The van der Waals surface area contributed by atoms with Crippen LogP contribution in [0.1, 0.15) is 38.5 Å². The molecule has 2 bridgehead atoms. The van der Waals surface area contributed by atoms with Gasteiger partial charge >= 0.3 is 11.9 Å². The second-order valence-electron chi connectivity index (χ2n) is 5.52. The second kappa shape index (κ2) is 6.37. The summed E-state index contributed by atoms with van der Waals surface area (Å²) in [4.78, 5) is 25.5. The monoisotopic (exact) mass is 269 g/mol. The van der Waals surface area contributed by atoms with Crippen molar-refractivity contribution < 1.29 is 19.1 Å². The van der Waals surface area contributed by atoms with E-state index in [4.69, 9.17) is 9.47 Å². The predicted molar refractivity (Wildman–Crippen MR) is 69.5 cm³/mol. The maximum Gasteiger partial charge on any atom is 0.319 e. The van der Waals surface area contributed by atoms with Crippen molar-refractivity contribution in [1.82, 2.24) is 4.90 Å². The van der Waals surface area contributed by atoms with E-state index in [1.165, 1.54) is 20.6 Å². The van der Waals surface area contributed by atoms with E-state index in [1.807, 2.05) is 0 Å². The third-order valence-electron chi connectivity index (χ3n) is 4.49. The molecule has 0 aromatic heterocycles. The molecule has 2 aliphatic heterocycles. The highest BCUT2D eigenvalue weighted by molar-refractivity contribution is 5.73. The van der Waals surface area contributed by atoms with Crippen LogP contribution in [0.4, 0.5) is 0 Å². The van der Waals surface area contributed by atoms with Gasteiger partial charge in [-0.05, 0) is 32.1 Å². The molecule has 0 spiro atoms. The van der Waals surface area contributed by atoms with Gasteiger partial charge in [-0.2, -0.15) is 0 Å². The van der Waals surface area contributed by atoms with Crippen LogP contribution in [0, 0.1) is 5.92 Å². The molecule has 19 heavy (non-hydrogen) atoms. The van der Waals surface area contributed by atoms with E-state index in [1.54, 1.807) is 0 Å². The van der Waals surface area contributed by atoms with Gasteiger partial charge in [0, 0.05) is 12.1 Å². The standard InChI is InChI=1S/C14H23NO4/c1-18-13(16)9-15-11-4-3-5-12(15)8-10(6-7-11)14(17)19-2/h10-12H,3-9H2,1-2H3. The molecule has 0 N–H and O–H groups in total. The van der Waals surface area contributed by atoms with Crippen LogP contribution < -0.4 is 0 Å². The Labute approximate surface area is 114 Å². The molecule has 0 aromatic carbocycles. The molecular formula is C14H23NO4. The molecule has 2 saturated heterocycles. The summed E-state index contributed by atoms with van der Waals surface area (Å²) in [6, 6.07) is 0.719. The lowest BCUT2D eigenvalue weighted by Gasteiger charge is -2.40. The molecule has 108 valence electrons. The lowest BCUT2D eigenvalue weighted by molar-refractivity contribution is -0.146. The predicted octanol–water partition coefficient (Wildman–Crippen LogP) is 1.36. The molecule has 2 aliphatic rings. The summed E-state index contributed by atoms with van der Waals surface area (Å²) >= 11 is 0. The molecule has 3 atom stereocenters. The van der Waals surface area contributed by atoms with E-state index in [9.17, 15) is 9.59 Å². The first kappa shape index (κ1) is 14.3. The topological polar surface area (TPSA) is 55.8 Å². The van der Waals surface area contributed by atoms with E-state index >= 15 is 0 Å². The van der Waals surface area contributed by atoms with Crippen LogP contribution in [0.15, 0.2) is 0 Å². The van der Waals surface area contributed by atoms with Gasteiger partial charge in [0.15, 0.2) is 0 Å². The fraction of sp³-hybridized carbons (Fsp3) is 0.857. The number of methoxy groups -OCH3 is 2. The average Bonchev–Trinajstić information content (AvgIpc) is 2.52. The first-order valence-corrected chi connectivity index (χ1v) is 7.06.